The predicted molar refractivity (Wildman–Crippen MR) is 174 cm³/mol. The molecule has 4 aromatic rings. The molecule has 4 heterocycles. The lowest BCUT2D eigenvalue weighted by Crippen LogP contribution is -2.49. The van der Waals surface area contributed by atoms with Gasteiger partial charge in [0.15, 0.2) is 0 Å². The Kier molecular flexibility index (Phi) is 8.51. The average Bonchev–Trinajstić information content (AvgIpc) is 3.38. The zero-order valence-electron chi connectivity index (χ0n) is 24.2. The average molecular weight is 631 g/mol. The van der Waals surface area contributed by atoms with E-state index in [-0.39, 0.29) is 17.9 Å². The fraction of sp³-hybridized carbons (Fsp3) is 0.250. The number of ether oxygens (including phenoxy) is 1. The first-order valence-corrected chi connectivity index (χ1v) is 15.4. The summed E-state index contributed by atoms with van der Waals surface area (Å²) in [4.78, 5) is 50.5. The summed E-state index contributed by atoms with van der Waals surface area (Å²) in [6.45, 7) is 1.74. The Morgan fingerprint density at radius 2 is 2.02 bits per heavy atom. The van der Waals surface area contributed by atoms with Gasteiger partial charge in [0.25, 0.3) is 5.91 Å². The molecule has 4 amide bonds. The highest BCUT2D eigenvalue weighted by atomic mass is 35.5. The van der Waals surface area contributed by atoms with Gasteiger partial charge in [0.1, 0.15) is 21.2 Å². The van der Waals surface area contributed by atoms with Gasteiger partial charge in [0.05, 0.1) is 27.5 Å². The van der Waals surface area contributed by atoms with Crippen LogP contribution in [-0.2, 0) is 4.79 Å². The second kappa shape index (κ2) is 12.7. The van der Waals surface area contributed by atoms with E-state index in [0.717, 1.165) is 12.8 Å². The number of hydrogen-bond donors (Lipinski definition) is 2. The minimum absolute atomic E-state index is 0.0660. The molecule has 10 nitrogen and oxygen atoms in total. The molecular weight excluding hydrogens is 600 g/mol. The van der Waals surface area contributed by atoms with Crippen LogP contribution in [0, 0.1) is 0 Å². The third-order valence-corrected chi connectivity index (χ3v) is 8.79. The lowest BCUT2D eigenvalue weighted by Gasteiger charge is -2.32. The van der Waals surface area contributed by atoms with Gasteiger partial charge in [-0.1, -0.05) is 35.9 Å². The summed E-state index contributed by atoms with van der Waals surface area (Å²) in [5, 5.41) is 7.02. The third-order valence-electron chi connectivity index (χ3n) is 7.40. The van der Waals surface area contributed by atoms with Gasteiger partial charge < -0.3 is 25.2 Å². The van der Waals surface area contributed by atoms with Crippen molar-refractivity contribution < 1.29 is 19.1 Å². The summed E-state index contributed by atoms with van der Waals surface area (Å²) in [6, 6.07) is 15.6. The standard InChI is InChI=1S/C32H31ClN6O4S/c1-37(2)16-7-11-26(40)38-17-6-8-20(19-38)35-30(41)29-28-27-24(14-15-34-31(27)44-29)39(32(42)36-28)21-12-13-25(23(33)18-21)43-22-9-4-3-5-10-22/h3-5,7,9-15,18,20H,6,8,16-17,19H2,1-2H3,(H,35,41)(H,36,42). The number of nitrogens with zero attached hydrogens (tertiary/aromatic N) is 4. The van der Waals surface area contributed by atoms with Crippen LogP contribution in [0.3, 0.4) is 0 Å². The summed E-state index contributed by atoms with van der Waals surface area (Å²) in [5.41, 5.74) is 1.56. The number of amides is 4. The number of piperidine rings is 1. The number of halogens is 1. The Bertz CT molecular complexity index is 1760. The normalized spacial score (nSPS) is 16.5. The first-order valence-electron chi connectivity index (χ1n) is 14.2. The summed E-state index contributed by atoms with van der Waals surface area (Å²) < 4.78 is 5.90. The molecule has 1 fully saturated rings. The number of para-hydroxylation sites is 1. The van der Waals surface area contributed by atoms with E-state index in [2.05, 4.69) is 15.6 Å². The molecule has 226 valence electrons. The van der Waals surface area contributed by atoms with Crippen LogP contribution < -0.4 is 20.3 Å². The van der Waals surface area contributed by atoms with Crippen molar-refractivity contribution in [2.75, 3.05) is 43.9 Å². The van der Waals surface area contributed by atoms with Gasteiger partial charge in [-0.25, -0.2) is 9.78 Å². The monoisotopic (exact) mass is 630 g/mol. The second-order valence-corrected chi connectivity index (χ2v) is 12.3. The fourth-order valence-electron chi connectivity index (χ4n) is 5.34. The SMILES string of the molecule is CN(C)CC=CC(=O)N1CCCC(NC(=O)c2sc3nccc4c3c2NC(=O)N4c2ccc(Oc3ccccc3)c(Cl)c2)C1. The number of rotatable bonds is 8. The number of hydrogen-bond acceptors (Lipinski definition) is 7. The molecular formula is C32H31ClN6O4S. The van der Waals surface area contributed by atoms with Crippen molar-refractivity contribution in [2.45, 2.75) is 18.9 Å². The second-order valence-electron chi connectivity index (χ2n) is 10.9. The Hall–Kier alpha value is -4.45. The van der Waals surface area contributed by atoms with Gasteiger partial charge in [-0.05, 0) is 63.3 Å². The molecule has 2 aromatic heterocycles. The molecule has 1 unspecified atom stereocenters. The Balaban J connectivity index is 1.22. The number of thiophene rings is 1. The molecule has 0 spiro atoms. The number of likely N-dealkylation sites (N-methyl/N-ethyl adjacent to an activating group) is 1. The molecule has 2 aromatic carbocycles. The Morgan fingerprint density at radius 3 is 2.80 bits per heavy atom. The van der Waals surface area contributed by atoms with E-state index in [4.69, 9.17) is 16.3 Å². The van der Waals surface area contributed by atoms with Crippen LogP contribution in [-0.4, -0.2) is 72.4 Å². The molecule has 44 heavy (non-hydrogen) atoms. The molecule has 1 atom stereocenters. The summed E-state index contributed by atoms with van der Waals surface area (Å²) in [7, 11) is 3.88. The zero-order chi connectivity index (χ0) is 30.8. The van der Waals surface area contributed by atoms with Crippen LogP contribution in [0.15, 0.2) is 72.9 Å². The number of carbonyl (C=O) groups is 3. The molecule has 2 aliphatic heterocycles. The van der Waals surface area contributed by atoms with Gasteiger partial charge in [-0.2, -0.15) is 0 Å². The fourth-order valence-corrected chi connectivity index (χ4v) is 6.58. The van der Waals surface area contributed by atoms with E-state index in [1.165, 1.54) is 16.2 Å². The van der Waals surface area contributed by atoms with E-state index in [1.54, 1.807) is 41.4 Å². The number of carbonyl (C=O) groups excluding carboxylic acids is 3. The highest BCUT2D eigenvalue weighted by molar-refractivity contribution is 7.21. The zero-order valence-corrected chi connectivity index (χ0v) is 25.8. The molecule has 0 radical (unpaired) electrons. The van der Waals surface area contributed by atoms with Crippen molar-refractivity contribution in [3.63, 3.8) is 0 Å². The molecule has 1 saturated heterocycles. The van der Waals surface area contributed by atoms with Crippen molar-refractivity contribution in [3.8, 4) is 11.5 Å². The van der Waals surface area contributed by atoms with Crippen molar-refractivity contribution in [2.24, 2.45) is 0 Å². The lowest BCUT2D eigenvalue weighted by molar-refractivity contribution is -0.127. The highest BCUT2D eigenvalue weighted by Crippen LogP contribution is 2.46. The van der Waals surface area contributed by atoms with Gasteiger partial charge in [0, 0.05) is 37.9 Å². The smallest absolute Gasteiger partial charge is 0.331 e. The van der Waals surface area contributed by atoms with Crippen LogP contribution in [0.2, 0.25) is 5.02 Å². The summed E-state index contributed by atoms with van der Waals surface area (Å²) >= 11 is 7.80. The lowest BCUT2D eigenvalue weighted by atomic mass is 10.1. The van der Waals surface area contributed by atoms with Crippen LogP contribution >= 0.6 is 22.9 Å². The third kappa shape index (κ3) is 6.12. The van der Waals surface area contributed by atoms with Crippen molar-refractivity contribution in [1.29, 1.82) is 0 Å². The van der Waals surface area contributed by atoms with E-state index in [9.17, 15) is 14.4 Å². The van der Waals surface area contributed by atoms with Crippen molar-refractivity contribution in [3.05, 3.63) is 82.8 Å². The highest BCUT2D eigenvalue weighted by Gasteiger charge is 2.34. The van der Waals surface area contributed by atoms with Gasteiger partial charge in [-0.15, -0.1) is 11.3 Å². The molecule has 2 N–H and O–H groups in total. The van der Waals surface area contributed by atoms with E-state index in [1.807, 2.05) is 55.4 Å². The maximum absolute atomic E-state index is 13.6. The summed E-state index contributed by atoms with van der Waals surface area (Å²) in [6.07, 6.45) is 6.59. The molecule has 6 rings (SSSR count). The molecule has 2 aliphatic rings. The number of anilines is 3. The Labute approximate surface area is 263 Å². The van der Waals surface area contributed by atoms with E-state index < -0.39 is 6.03 Å². The van der Waals surface area contributed by atoms with E-state index in [0.29, 0.717) is 68.3 Å². The van der Waals surface area contributed by atoms with Crippen LogP contribution in [0.5, 0.6) is 11.5 Å². The molecule has 0 aliphatic carbocycles. The van der Waals surface area contributed by atoms with Gasteiger partial charge >= 0.3 is 6.03 Å². The molecule has 0 saturated carbocycles. The van der Waals surface area contributed by atoms with Crippen LogP contribution in [0.4, 0.5) is 21.9 Å². The predicted octanol–water partition coefficient (Wildman–Crippen LogP) is 6.26. The van der Waals surface area contributed by atoms with Crippen molar-refractivity contribution >= 4 is 68.1 Å². The minimum Gasteiger partial charge on any atom is -0.456 e. The number of likely N-dealkylation sites (tertiary alicyclic amines) is 1. The number of aromatic nitrogens is 1. The quantitative estimate of drug-likeness (QED) is 0.223. The largest absolute Gasteiger partial charge is 0.456 e. The maximum Gasteiger partial charge on any atom is 0.331 e. The topological polar surface area (TPSA) is 107 Å². The van der Waals surface area contributed by atoms with E-state index >= 15 is 0 Å². The maximum atomic E-state index is 13.6. The first kappa shape index (κ1) is 29.6. The summed E-state index contributed by atoms with van der Waals surface area (Å²) in [5.74, 6) is 0.729. The molecule has 12 heteroatoms. The van der Waals surface area contributed by atoms with Gasteiger partial charge in [-0.3, -0.25) is 14.5 Å². The number of benzene rings is 2. The number of pyridine rings is 1. The minimum atomic E-state index is -0.427. The van der Waals surface area contributed by atoms with Gasteiger partial charge in [0.2, 0.25) is 5.91 Å². The number of nitrogens with one attached hydrogen (secondary N) is 2. The van der Waals surface area contributed by atoms with Crippen molar-refractivity contribution in [1.82, 2.24) is 20.1 Å². The van der Waals surface area contributed by atoms with Crippen LogP contribution in [0.1, 0.15) is 22.5 Å². The van der Waals surface area contributed by atoms with Crippen LogP contribution in [0.25, 0.3) is 10.2 Å². The Morgan fingerprint density at radius 1 is 1.20 bits per heavy atom. The first-order chi connectivity index (χ1) is 21.3. The number of urea groups is 1. The molecule has 0 bridgehead atoms.